The van der Waals surface area contributed by atoms with E-state index in [2.05, 4.69) is 10.4 Å². The number of ether oxygens (including phenoxy) is 1. The monoisotopic (exact) mass is 558 g/mol. The number of rotatable bonds is 7. The molecule has 0 bridgehead atoms. The van der Waals surface area contributed by atoms with Crippen molar-refractivity contribution in [1.29, 1.82) is 5.26 Å². The van der Waals surface area contributed by atoms with Crippen LogP contribution in [0.4, 0.5) is 13.2 Å². The van der Waals surface area contributed by atoms with Gasteiger partial charge >= 0.3 is 6.18 Å². The Bertz CT molecular complexity index is 1490. The number of carbonyl (C=O) groups excluding carboxylic acids is 1. The molecule has 1 N–H and O–H groups in total. The Morgan fingerprint density at radius 2 is 1.74 bits per heavy atom. The topological polar surface area (TPSA) is 79.9 Å². The first kappa shape index (κ1) is 27.0. The minimum atomic E-state index is -4.47. The number of aromatic nitrogens is 2. The molecule has 0 saturated heterocycles. The largest absolute Gasteiger partial charge is 0.474 e. The molecule has 0 unspecified atom stereocenters. The lowest BCUT2D eigenvalue weighted by atomic mass is 10.1. The zero-order valence-electron chi connectivity index (χ0n) is 19.8. The molecule has 1 heterocycles. The number of hydrogen-bond acceptors (Lipinski definition) is 4. The summed E-state index contributed by atoms with van der Waals surface area (Å²) >= 11 is 12.5. The lowest BCUT2D eigenvalue weighted by Crippen LogP contribution is -2.27. The molecule has 1 amide bonds. The van der Waals surface area contributed by atoms with Crippen molar-refractivity contribution in [3.8, 4) is 28.8 Å². The third-order valence-corrected chi connectivity index (χ3v) is 6.19. The highest BCUT2D eigenvalue weighted by Crippen LogP contribution is 2.38. The number of carbonyl (C=O) groups is 1. The van der Waals surface area contributed by atoms with E-state index in [1.807, 2.05) is 6.07 Å². The van der Waals surface area contributed by atoms with E-state index < -0.39 is 23.7 Å². The van der Waals surface area contributed by atoms with Crippen LogP contribution in [-0.2, 0) is 6.18 Å². The Hall–Kier alpha value is -4.00. The molecule has 0 aliphatic heterocycles. The number of nitriles is 1. The van der Waals surface area contributed by atoms with Crippen LogP contribution in [0.5, 0.6) is 5.75 Å². The predicted molar refractivity (Wildman–Crippen MR) is 137 cm³/mol. The molecule has 11 heteroatoms. The fourth-order valence-electron chi connectivity index (χ4n) is 3.76. The average Bonchev–Trinajstić information content (AvgIpc) is 3.27. The predicted octanol–water partition coefficient (Wildman–Crippen LogP) is 7.26. The van der Waals surface area contributed by atoms with Crippen LogP contribution in [-0.4, -0.2) is 22.3 Å². The van der Waals surface area contributed by atoms with Crippen molar-refractivity contribution >= 4 is 29.1 Å². The second kappa shape index (κ2) is 11.2. The van der Waals surface area contributed by atoms with Crippen LogP contribution in [0.25, 0.3) is 16.9 Å². The number of halogens is 5. The van der Waals surface area contributed by atoms with Crippen LogP contribution in [0.1, 0.15) is 34.6 Å². The molecule has 38 heavy (non-hydrogen) atoms. The highest BCUT2D eigenvalue weighted by atomic mass is 35.5. The third-order valence-electron chi connectivity index (χ3n) is 5.62. The molecule has 194 valence electrons. The van der Waals surface area contributed by atoms with Crippen molar-refractivity contribution in [3.63, 3.8) is 0 Å². The van der Waals surface area contributed by atoms with Crippen molar-refractivity contribution in [2.24, 2.45) is 0 Å². The van der Waals surface area contributed by atoms with Crippen molar-refractivity contribution in [2.45, 2.75) is 19.1 Å². The Morgan fingerprint density at radius 3 is 2.34 bits per heavy atom. The second-order valence-corrected chi connectivity index (χ2v) is 9.00. The summed E-state index contributed by atoms with van der Waals surface area (Å²) in [5, 5.41) is 17.2. The van der Waals surface area contributed by atoms with Gasteiger partial charge in [0.1, 0.15) is 11.8 Å². The van der Waals surface area contributed by atoms with Crippen LogP contribution in [0.15, 0.2) is 72.8 Å². The van der Waals surface area contributed by atoms with Crippen LogP contribution in [0, 0.1) is 11.3 Å². The standard InChI is InChI=1S/C27H19Cl2F3N4O2/c1-16(17-6-10-19(11-7-17)27(30,31)32)34-26(37)23-25(38-15-14-33)24(18-8-12-20(28)13-9-18)36(35-23)22-5-3-2-4-21(22)29/h2-13,16H,15H2,1H3,(H,34,37)/t16-/m1/s1. The molecular weight excluding hydrogens is 540 g/mol. The highest BCUT2D eigenvalue weighted by molar-refractivity contribution is 6.32. The summed E-state index contributed by atoms with van der Waals surface area (Å²) in [5.74, 6) is -0.628. The van der Waals surface area contributed by atoms with Gasteiger partial charge in [-0.25, -0.2) is 4.68 Å². The summed E-state index contributed by atoms with van der Waals surface area (Å²) in [6.07, 6.45) is -4.47. The first-order valence-electron chi connectivity index (χ1n) is 11.2. The summed E-state index contributed by atoms with van der Waals surface area (Å²) in [6, 6.07) is 19.3. The van der Waals surface area contributed by atoms with Gasteiger partial charge in [0.15, 0.2) is 18.1 Å². The Morgan fingerprint density at radius 1 is 1.08 bits per heavy atom. The van der Waals surface area contributed by atoms with Crippen LogP contribution < -0.4 is 10.1 Å². The quantitative estimate of drug-likeness (QED) is 0.259. The maximum atomic E-state index is 13.4. The maximum absolute atomic E-state index is 13.4. The Kier molecular flexibility index (Phi) is 7.95. The van der Waals surface area contributed by atoms with Gasteiger partial charge in [0.25, 0.3) is 5.91 Å². The number of benzene rings is 3. The molecule has 0 aliphatic carbocycles. The SMILES string of the molecule is C[C@@H](NC(=O)c1nn(-c2ccccc2Cl)c(-c2ccc(Cl)cc2)c1OCC#N)c1ccc(C(F)(F)F)cc1. The van der Waals surface area contributed by atoms with Crippen LogP contribution in [0.2, 0.25) is 10.0 Å². The smallest absolute Gasteiger partial charge is 0.416 e. The summed E-state index contributed by atoms with van der Waals surface area (Å²) in [5.41, 5.74) is 0.925. The minimum absolute atomic E-state index is 0.0333. The van der Waals surface area contributed by atoms with Gasteiger partial charge < -0.3 is 10.1 Å². The fourth-order valence-corrected chi connectivity index (χ4v) is 4.10. The zero-order chi connectivity index (χ0) is 27.4. The van der Waals surface area contributed by atoms with E-state index in [0.717, 1.165) is 12.1 Å². The number of alkyl halides is 3. The number of nitrogens with zero attached hydrogens (tertiary/aromatic N) is 3. The molecule has 1 atom stereocenters. The normalized spacial score (nSPS) is 12.0. The molecule has 4 rings (SSSR count). The molecule has 1 aromatic heterocycles. The first-order chi connectivity index (χ1) is 18.1. The van der Waals surface area contributed by atoms with E-state index in [-0.39, 0.29) is 18.1 Å². The third kappa shape index (κ3) is 5.77. The Balaban J connectivity index is 1.78. The lowest BCUT2D eigenvalue weighted by molar-refractivity contribution is -0.137. The van der Waals surface area contributed by atoms with E-state index >= 15 is 0 Å². The summed E-state index contributed by atoms with van der Waals surface area (Å²) in [7, 11) is 0. The fraction of sp³-hybridized carbons (Fsp3) is 0.148. The van der Waals surface area contributed by atoms with E-state index in [1.165, 1.54) is 16.8 Å². The van der Waals surface area contributed by atoms with E-state index in [1.54, 1.807) is 55.5 Å². The Labute approximate surface area is 226 Å². The zero-order valence-corrected chi connectivity index (χ0v) is 21.3. The van der Waals surface area contributed by atoms with E-state index in [9.17, 15) is 23.2 Å². The van der Waals surface area contributed by atoms with Gasteiger partial charge in [0.2, 0.25) is 0 Å². The highest BCUT2D eigenvalue weighted by Gasteiger charge is 2.31. The number of para-hydroxylation sites is 1. The van der Waals surface area contributed by atoms with Gasteiger partial charge in [0.05, 0.1) is 22.3 Å². The van der Waals surface area contributed by atoms with Gasteiger partial charge in [-0.15, -0.1) is 0 Å². The van der Waals surface area contributed by atoms with Crippen molar-refractivity contribution in [1.82, 2.24) is 15.1 Å². The molecule has 4 aromatic rings. The van der Waals surface area contributed by atoms with E-state index in [4.69, 9.17) is 27.9 Å². The minimum Gasteiger partial charge on any atom is -0.474 e. The van der Waals surface area contributed by atoms with Crippen molar-refractivity contribution in [3.05, 3.63) is 99.7 Å². The molecule has 0 saturated carbocycles. The maximum Gasteiger partial charge on any atom is 0.416 e. The van der Waals surface area contributed by atoms with Crippen molar-refractivity contribution in [2.75, 3.05) is 6.61 Å². The van der Waals surface area contributed by atoms with Gasteiger partial charge in [-0.3, -0.25) is 4.79 Å². The number of amides is 1. The van der Waals surface area contributed by atoms with Gasteiger partial charge in [0, 0.05) is 10.6 Å². The van der Waals surface area contributed by atoms with Crippen LogP contribution >= 0.6 is 23.2 Å². The van der Waals surface area contributed by atoms with Gasteiger partial charge in [-0.2, -0.15) is 23.5 Å². The molecule has 0 radical (unpaired) electrons. The van der Waals surface area contributed by atoms with E-state index in [0.29, 0.717) is 32.6 Å². The number of nitrogens with one attached hydrogen (secondary N) is 1. The summed E-state index contributed by atoms with van der Waals surface area (Å²) in [4.78, 5) is 13.4. The van der Waals surface area contributed by atoms with Gasteiger partial charge in [-0.05, 0) is 48.9 Å². The van der Waals surface area contributed by atoms with Crippen LogP contribution in [0.3, 0.4) is 0 Å². The molecule has 0 aliphatic rings. The molecule has 6 nitrogen and oxygen atoms in total. The second-order valence-electron chi connectivity index (χ2n) is 8.16. The molecule has 3 aromatic carbocycles. The number of hydrogen-bond donors (Lipinski definition) is 1. The summed E-state index contributed by atoms with van der Waals surface area (Å²) < 4.78 is 45.9. The lowest BCUT2D eigenvalue weighted by Gasteiger charge is -2.15. The average molecular weight is 559 g/mol. The first-order valence-corrected chi connectivity index (χ1v) is 12.0. The molecular formula is C27H19Cl2F3N4O2. The molecule has 0 spiro atoms. The van der Waals surface area contributed by atoms with Gasteiger partial charge in [-0.1, -0.05) is 59.6 Å². The summed E-state index contributed by atoms with van der Waals surface area (Å²) in [6.45, 7) is 1.25. The van der Waals surface area contributed by atoms with Crippen molar-refractivity contribution < 1.29 is 22.7 Å². The molecule has 0 fully saturated rings.